The van der Waals surface area contributed by atoms with Gasteiger partial charge >= 0.3 is 6.09 Å². The highest BCUT2D eigenvalue weighted by Crippen LogP contribution is 2.52. The highest BCUT2D eigenvalue weighted by atomic mass is 19.1. The monoisotopic (exact) mass is 321 g/mol. The Morgan fingerprint density at radius 2 is 2.00 bits per heavy atom. The Hall–Kier alpha value is -1.62. The molecule has 0 aromatic heterocycles. The number of carbonyl (C=O) groups is 1. The van der Waals surface area contributed by atoms with Gasteiger partial charge in [-0.25, -0.2) is 9.18 Å². The van der Waals surface area contributed by atoms with Crippen LogP contribution in [0.1, 0.15) is 50.8 Å². The second-order valence-corrected chi connectivity index (χ2v) is 7.75. The molecule has 5 heteroatoms. The highest BCUT2D eigenvalue weighted by Gasteiger charge is 2.47. The van der Waals surface area contributed by atoms with E-state index >= 15 is 0 Å². The molecular weight excluding hydrogens is 297 g/mol. The van der Waals surface area contributed by atoms with Crippen LogP contribution in [0.25, 0.3) is 0 Å². The number of benzene rings is 1. The number of aliphatic hydroxyl groups excluding tert-OH is 1. The lowest BCUT2D eigenvalue weighted by Gasteiger charge is -2.41. The maximum Gasteiger partial charge on any atom is 0.410 e. The van der Waals surface area contributed by atoms with Gasteiger partial charge in [0.1, 0.15) is 11.4 Å². The molecule has 1 atom stereocenters. The maximum atomic E-state index is 13.4. The van der Waals surface area contributed by atoms with Crippen LogP contribution in [0.5, 0.6) is 0 Å². The molecule has 1 aromatic carbocycles. The third kappa shape index (κ3) is 3.07. The fourth-order valence-corrected chi connectivity index (χ4v) is 3.71. The van der Waals surface area contributed by atoms with Crippen LogP contribution in [-0.4, -0.2) is 34.8 Å². The summed E-state index contributed by atoms with van der Waals surface area (Å²) in [5.41, 5.74) is 0.932. The number of ether oxygens (including phenoxy) is 1. The summed E-state index contributed by atoms with van der Waals surface area (Å²) in [5, 5.41) is 10.7. The molecule has 2 aliphatic rings. The summed E-state index contributed by atoms with van der Waals surface area (Å²) >= 11 is 0. The van der Waals surface area contributed by atoms with Crippen LogP contribution in [0.2, 0.25) is 0 Å². The average Bonchev–Trinajstić information content (AvgIpc) is 2.70. The Labute approximate surface area is 136 Å². The molecule has 1 unspecified atom stereocenters. The second-order valence-electron chi connectivity index (χ2n) is 7.75. The molecule has 1 heterocycles. The number of nitrogens with zero attached hydrogens (tertiary/aromatic N) is 1. The average molecular weight is 321 g/mol. The summed E-state index contributed by atoms with van der Waals surface area (Å²) in [5.74, 6) is -0.265. The molecular formula is C18H24FNO3. The predicted molar refractivity (Wildman–Crippen MR) is 84.5 cm³/mol. The summed E-state index contributed by atoms with van der Waals surface area (Å²) in [6, 6.07) is 4.61. The third-order valence-electron chi connectivity index (χ3n) is 4.93. The van der Waals surface area contributed by atoms with E-state index in [0.717, 1.165) is 11.1 Å². The van der Waals surface area contributed by atoms with E-state index in [4.69, 9.17) is 4.74 Å². The number of piperidine rings is 1. The van der Waals surface area contributed by atoms with Crippen molar-refractivity contribution < 1.29 is 19.0 Å². The van der Waals surface area contributed by atoms with E-state index in [0.29, 0.717) is 32.4 Å². The second kappa shape index (κ2) is 5.48. The van der Waals surface area contributed by atoms with E-state index in [1.54, 1.807) is 11.0 Å². The van der Waals surface area contributed by atoms with Crippen molar-refractivity contribution in [2.75, 3.05) is 13.1 Å². The van der Waals surface area contributed by atoms with Crippen LogP contribution in [0.4, 0.5) is 9.18 Å². The number of halogens is 1. The molecule has 1 spiro atoms. The van der Waals surface area contributed by atoms with E-state index in [1.165, 1.54) is 12.1 Å². The van der Waals surface area contributed by atoms with E-state index in [-0.39, 0.29) is 17.3 Å². The first-order valence-electron chi connectivity index (χ1n) is 8.15. The van der Waals surface area contributed by atoms with Gasteiger partial charge in [-0.1, -0.05) is 6.07 Å². The first-order valence-corrected chi connectivity index (χ1v) is 8.15. The third-order valence-corrected chi connectivity index (χ3v) is 4.93. The molecule has 1 amide bonds. The molecule has 0 radical (unpaired) electrons. The maximum absolute atomic E-state index is 13.4. The van der Waals surface area contributed by atoms with Crippen molar-refractivity contribution in [3.63, 3.8) is 0 Å². The lowest BCUT2D eigenvalue weighted by Crippen LogP contribution is -2.46. The summed E-state index contributed by atoms with van der Waals surface area (Å²) in [4.78, 5) is 13.9. The molecule has 1 aliphatic carbocycles. The fourth-order valence-electron chi connectivity index (χ4n) is 3.71. The summed E-state index contributed by atoms with van der Waals surface area (Å²) < 4.78 is 18.8. The van der Waals surface area contributed by atoms with Crippen molar-refractivity contribution in [3.8, 4) is 0 Å². The Morgan fingerprint density at radius 3 is 2.61 bits per heavy atom. The zero-order valence-electron chi connectivity index (χ0n) is 13.9. The van der Waals surface area contributed by atoms with Crippen LogP contribution in [0, 0.1) is 11.2 Å². The molecule has 126 valence electrons. The highest BCUT2D eigenvalue weighted by molar-refractivity contribution is 5.68. The van der Waals surface area contributed by atoms with Gasteiger partial charge in [-0.3, -0.25) is 0 Å². The largest absolute Gasteiger partial charge is 0.444 e. The van der Waals surface area contributed by atoms with Gasteiger partial charge in [-0.05, 0) is 63.3 Å². The lowest BCUT2D eigenvalue weighted by atomic mass is 9.74. The van der Waals surface area contributed by atoms with E-state index in [2.05, 4.69) is 0 Å². The molecule has 4 nitrogen and oxygen atoms in total. The molecule has 1 aliphatic heterocycles. The molecule has 3 rings (SSSR count). The Morgan fingerprint density at radius 1 is 1.35 bits per heavy atom. The number of hydrogen-bond acceptors (Lipinski definition) is 3. The number of likely N-dealkylation sites (tertiary alicyclic amines) is 1. The van der Waals surface area contributed by atoms with Crippen molar-refractivity contribution in [2.24, 2.45) is 5.41 Å². The van der Waals surface area contributed by atoms with E-state index < -0.39 is 11.7 Å². The lowest BCUT2D eigenvalue weighted by molar-refractivity contribution is -0.0255. The standard InChI is InChI=1S/C18H24FNO3/c1-17(2,3)23-16(22)20-8-6-18(7-9-20)11-12-10-13(19)4-5-14(12)15(18)21/h4-5,10,15,21H,6-9,11H2,1-3H3. The number of carbonyl (C=O) groups excluding carboxylic acids is 1. The zero-order valence-corrected chi connectivity index (χ0v) is 13.9. The van der Waals surface area contributed by atoms with Crippen LogP contribution in [0.3, 0.4) is 0 Å². The van der Waals surface area contributed by atoms with Gasteiger partial charge in [-0.2, -0.15) is 0 Å². The number of rotatable bonds is 0. The number of aliphatic hydroxyl groups is 1. The van der Waals surface area contributed by atoms with Gasteiger partial charge in [0.05, 0.1) is 6.10 Å². The number of hydrogen-bond donors (Lipinski definition) is 1. The van der Waals surface area contributed by atoms with Crippen molar-refractivity contribution in [1.82, 2.24) is 4.90 Å². The zero-order chi connectivity index (χ0) is 16.8. The SMILES string of the molecule is CC(C)(C)OC(=O)N1CCC2(CC1)Cc1cc(F)ccc1C2O. The summed E-state index contributed by atoms with van der Waals surface area (Å²) in [7, 11) is 0. The van der Waals surface area contributed by atoms with Gasteiger partial charge < -0.3 is 14.7 Å². The van der Waals surface area contributed by atoms with Gasteiger partial charge in [0.2, 0.25) is 0 Å². The van der Waals surface area contributed by atoms with Gasteiger partial charge in [0.15, 0.2) is 0 Å². The summed E-state index contributed by atoms with van der Waals surface area (Å²) in [6.45, 7) is 6.66. The Kier molecular flexibility index (Phi) is 3.87. The van der Waals surface area contributed by atoms with Crippen molar-refractivity contribution in [3.05, 3.63) is 35.1 Å². The first kappa shape index (κ1) is 16.2. The van der Waals surface area contributed by atoms with Crippen molar-refractivity contribution in [1.29, 1.82) is 0 Å². The van der Waals surface area contributed by atoms with Crippen LogP contribution in [-0.2, 0) is 11.2 Å². The Bertz CT molecular complexity index is 615. The van der Waals surface area contributed by atoms with Crippen molar-refractivity contribution in [2.45, 2.75) is 51.7 Å². The normalized spacial score (nSPS) is 23.0. The molecule has 1 N–H and O–H groups in total. The number of fused-ring (bicyclic) bond motifs is 1. The van der Waals surface area contributed by atoms with E-state index in [1.807, 2.05) is 20.8 Å². The quantitative estimate of drug-likeness (QED) is 0.796. The molecule has 1 fully saturated rings. The van der Waals surface area contributed by atoms with Crippen LogP contribution >= 0.6 is 0 Å². The predicted octanol–water partition coefficient (Wildman–Crippen LogP) is 3.43. The first-order chi connectivity index (χ1) is 10.7. The topological polar surface area (TPSA) is 49.8 Å². The fraction of sp³-hybridized carbons (Fsp3) is 0.611. The number of amides is 1. The van der Waals surface area contributed by atoms with Gasteiger partial charge in [0, 0.05) is 18.5 Å². The van der Waals surface area contributed by atoms with Crippen LogP contribution in [0.15, 0.2) is 18.2 Å². The van der Waals surface area contributed by atoms with Gasteiger partial charge in [-0.15, -0.1) is 0 Å². The van der Waals surface area contributed by atoms with Crippen molar-refractivity contribution >= 4 is 6.09 Å². The van der Waals surface area contributed by atoms with Gasteiger partial charge in [0.25, 0.3) is 0 Å². The Balaban J connectivity index is 1.69. The minimum atomic E-state index is -0.584. The summed E-state index contributed by atoms with van der Waals surface area (Å²) in [6.07, 6.45) is 1.18. The molecule has 0 bridgehead atoms. The van der Waals surface area contributed by atoms with E-state index in [9.17, 15) is 14.3 Å². The molecule has 1 aromatic rings. The minimum absolute atomic E-state index is 0.265. The molecule has 1 saturated heterocycles. The smallest absolute Gasteiger partial charge is 0.410 e. The molecule has 0 saturated carbocycles. The minimum Gasteiger partial charge on any atom is -0.444 e. The van der Waals surface area contributed by atoms with Crippen LogP contribution < -0.4 is 0 Å². The molecule has 23 heavy (non-hydrogen) atoms.